The second-order valence-corrected chi connectivity index (χ2v) is 7.64. The van der Waals surface area contributed by atoms with Gasteiger partial charge in [0.1, 0.15) is 6.10 Å². The molecule has 4 nitrogen and oxygen atoms in total. The second kappa shape index (κ2) is 7.01. The van der Waals surface area contributed by atoms with Crippen molar-refractivity contribution in [3.8, 4) is 0 Å². The molecule has 0 saturated carbocycles. The van der Waals surface area contributed by atoms with E-state index in [1.54, 1.807) is 4.90 Å². The maximum absolute atomic E-state index is 13.4. The lowest BCUT2D eigenvalue weighted by Gasteiger charge is -2.45. The molecule has 140 valence electrons. The molecule has 4 heteroatoms. The van der Waals surface area contributed by atoms with Crippen molar-refractivity contribution in [3.63, 3.8) is 0 Å². The van der Waals surface area contributed by atoms with Gasteiger partial charge >= 0.3 is 6.09 Å². The Labute approximate surface area is 167 Å². The number of rotatable bonds is 2. The lowest BCUT2D eigenvalue weighted by molar-refractivity contribution is -0.0462. The summed E-state index contributed by atoms with van der Waals surface area (Å²) in [5.74, 6) is 0.361. The van der Waals surface area contributed by atoms with Crippen LogP contribution in [0, 0.1) is 5.92 Å². The lowest BCUT2D eigenvalue weighted by Crippen LogP contribution is -2.53. The van der Waals surface area contributed by atoms with E-state index in [0.717, 1.165) is 43.6 Å². The molecule has 0 N–H and O–H groups in total. The molecule has 4 heterocycles. The number of hydrogen-bond donors (Lipinski definition) is 0. The molecular formula is C23H26N2O2. The zero-order valence-electron chi connectivity index (χ0n) is 20.2. The third-order valence-electron chi connectivity index (χ3n) is 6.16. The van der Waals surface area contributed by atoms with Crippen LogP contribution in [0.15, 0.2) is 54.5 Å². The van der Waals surface area contributed by atoms with Crippen molar-refractivity contribution in [2.75, 3.05) is 26.2 Å². The predicted octanol–water partition coefficient (Wildman–Crippen LogP) is 3.86. The highest BCUT2D eigenvalue weighted by molar-refractivity contribution is 5.70. The van der Waals surface area contributed by atoms with Gasteiger partial charge in [-0.05, 0) is 55.0 Å². The van der Waals surface area contributed by atoms with Crippen LogP contribution in [0.2, 0.25) is 0 Å². The van der Waals surface area contributed by atoms with Crippen molar-refractivity contribution in [1.82, 2.24) is 9.80 Å². The van der Waals surface area contributed by atoms with Crippen molar-refractivity contribution in [1.29, 1.82) is 0 Å². The number of carbonyl (C=O) groups excluding carboxylic acids is 1. The fourth-order valence-electron chi connectivity index (χ4n) is 4.71. The van der Waals surface area contributed by atoms with Crippen molar-refractivity contribution in [2.45, 2.75) is 31.4 Å². The van der Waals surface area contributed by atoms with Gasteiger partial charge in [-0.1, -0.05) is 54.5 Å². The van der Waals surface area contributed by atoms with Crippen LogP contribution in [0.25, 0.3) is 0 Å². The molecule has 2 aromatic rings. The van der Waals surface area contributed by atoms with Crippen LogP contribution in [-0.2, 0) is 11.2 Å². The first-order valence-corrected chi connectivity index (χ1v) is 9.71. The molecule has 0 aromatic heterocycles. The van der Waals surface area contributed by atoms with Crippen LogP contribution in [0.3, 0.4) is 0 Å². The summed E-state index contributed by atoms with van der Waals surface area (Å²) in [5, 5.41) is 0. The Morgan fingerprint density at radius 2 is 1.85 bits per heavy atom. The van der Waals surface area contributed by atoms with E-state index < -0.39 is 30.3 Å². The first-order chi connectivity index (χ1) is 15.4. The van der Waals surface area contributed by atoms with E-state index >= 15 is 0 Å². The Balaban J connectivity index is 1.55. The molecule has 0 spiro atoms. The summed E-state index contributed by atoms with van der Waals surface area (Å²) < 4.78 is 47.2. The normalized spacial score (nSPS) is 31.9. The number of fused-ring (bicyclic) bond motifs is 4. The Kier molecular flexibility index (Phi) is 3.16. The molecule has 3 saturated heterocycles. The minimum atomic E-state index is -0.790. The molecule has 2 atom stereocenters. The number of hydrogen-bond acceptors (Lipinski definition) is 3. The molecule has 1 unspecified atom stereocenters. The van der Waals surface area contributed by atoms with E-state index in [4.69, 9.17) is 11.6 Å². The molecule has 3 fully saturated rings. The van der Waals surface area contributed by atoms with Crippen molar-refractivity contribution < 1.29 is 16.4 Å². The number of ether oxygens (including phenoxy) is 1. The van der Waals surface area contributed by atoms with Gasteiger partial charge in [0.05, 0.1) is 12.9 Å². The number of amides is 1. The molecule has 2 aromatic carbocycles. The van der Waals surface area contributed by atoms with Crippen molar-refractivity contribution in [2.24, 2.45) is 5.92 Å². The van der Waals surface area contributed by atoms with E-state index in [-0.39, 0.29) is 23.8 Å². The standard InChI is InChI=1S/C23H26N2O2/c26-23(27-21-16-24-13-10-18(21)11-14-24)25-15-12-17-6-4-5-9-20(17)22(25)19-7-2-1-3-8-19/h1-9,18,21-22H,10-16H2/t21-,22?/m1/s1/i1D,2D,3D,7D,8D. The Hall–Kier alpha value is -2.33. The van der Waals surface area contributed by atoms with Crippen LogP contribution in [-0.4, -0.2) is 48.2 Å². The summed E-state index contributed by atoms with van der Waals surface area (Å²) >= 11 is 0. The van der Waals surface area contributed by atoms with Gasteiger partial charge in [0.25, 0.3) is 0 Å². The van der Waals surface area contributed by atoms with Gasteiger partial charge in [0.2, 0.25) is 0 Å². The Morgan fingerprint density at radius 3 is 2.59 bits per heavy atom. The molecule has 4 aliphatic heterocycles. The van der Waals surface area contributed by atoms with Gasteiger partial charge in [0, 0.05) is 13.1 Å². The van der Waals surface area contributed by atoms with Crippen LogP contribution >= 0.6 is 0 Å². The SMILES string of the molecule is [2H]c1c([2H])c([2H])c(C2c3ccccc3CCN2C(=O)O[C@@H]2CN3CCC2CC3)c([2H])c1[2H]. The first kappa shape index (κ1) is 12.2. The fraction of sp³-hybridized carbons (Fsp3) is 0.435. The molecule has 2 bridgehead atoms. The van der Waals surface area contributed by atoms with E-state index in [0.29, 0.717) is 18.9 Å². The highest BCUT2D eigenvalue weighted by atomic mass is 16.6. The molecular weight excluding hydrogens is 336 g/mol. The number of piperidine rings is 3. The molecule has 6 rings (SSSR count). The van der Waals surface area contributed by atoms with Crippen LogP contribution in [0.5, 0.6) is 0 Å². The average Bonchev–Trinajstić information content (AvgIpc) is 2.82. The van der Waals surface area contributed by atoms with Gasteiger partial charge in [0.15, 0.2) is 0 Å². The van der Waals surface area contributed by atoms with Crippen LogP contribution in [0.1, 0.15) is 42.4 Å². The third-order valence-corrected chi connectivity index (χ3v) is 6.16. The van der Waals surface area contributed by atoms with Gasteiger partial charge in [-0.25, -0.2) is 4.79 Å². The van der Waals surface area contributed by atoms with Gasteiger partial charge in [-0.15, -0.1) is 0 Å². The summed E-state index contributed by atoms with van der Waals surface area (Å²) in [4.78, 5) is 17.3. The minimum absolute atomic E-state index is 0.119. The van der Waals surface area contributed by atoms with E-state index in [9.17, 15) is 4.79 Å². The van der Waals surface area contributed by atoms with Crippen LogP contribution in [0.4, 0.5) is 4.79 Å². The lowest BCUT2D eigenvalue weighted by atomic mass is 9.86. The maximum atomic E-state index is 13.4. The highest BCUT2D eigenvalue weighted by Gasteiger charge is 2.39. The zero-order chi connectivity index (χ0) is 22.6. The molecule has 27 heavy (non-hydrogen) atoms. The number of nitrogens with zero attached hydrogens (tertiary/aromatic N) is 2. The number of carbonyl (C=O) groups is 1. The average molecular weight is 368 g/mol. The molecule has 0 aliphatic carbocycles. The van der Waals surface area contributed by atoms with Crippen molar-refractivity contribution in [3.05, 3.63) is 71.2 Å². The first-order valence-electron chi connectivity index (χ1n) is 12.2. The van der Waals surface area contributed by atoms with E-state index in [1.165, 1.54) is 0 Å². The quantitative estimate of drug-likeness (QED) is 0.808. The Morgan fingerprint density at radius 1 is 1.07 bits per heavy atom. The van der Waals surface area contributed by atoms with Gasteiger partial charge in [-0.3, -0.25) is 9.80 Å². The van der Waals surface area contributed by atoms with Gasteiger partial charge in [-0.2, -0.15) is 0 Å². The van der Waals surface area contributed by atoms with Crippen molar-refractivity contribution >= 4 is 6.09 Å². The highest BCUT2D eigenvalue weighted by Crippen LogP contribution is 2.36. The molecule has 0 radical (unpaired) electrons. The predicted molar refractivity (Wildman–Crippen MR) is 105 cm³/mol. The summed E-state index contributed by atoms with van der Waals surface area (Å²) in [6, 6.07) is 5.03. The zero-order valence-corrected chi connectivity index (χ0v) is 15.2. The summed E-state index contributed by atoms with van der Waals surface area (Å²) in [7, 11) is 0. The van der Waals surface area contributed by atoms with Gasteiger partial charge < -0.3 is 4.74 Å². The minimum Gasteiger partial charge on any atom is -0.444 e. The molecule has 1 amide bonds. The summed E-state index contributed by atoms with van der Waals surface area (Å²) in [6.07, 6.45) is 2.03. The van der Waals surface area contributed by atoms with E-state index in [2.05, 4.69) is 4.90 Å². The Bertz CT molecular complexity index is 1040. The third kappa shape index (κ3) is 3.12. The second-order valence-electron chi connectivity index (χ2n) is 7.64. The summed E-state index contributed by atoms with van der Waals surface area (Å²) in [6.45, 7) is 3.19. The van der Waals surface area contributed by atoms with E-state index in [1.807, 2.05) is 24.3 Å². The molecule has 4 aliphatic rings. The largest absolute Gasteiger partial charge is 0.444 e. The van der Waals surface area contributed by atoms with Crippen LogP contribution < -0.4 is 0 Å². The fourth-order valence-corrected chi connectivity index (χ4v) is 4.71. The summed E-state index contributed by atoms with van der Waals surface area (Å²) in [5.41, 5.74) is 1.91. The maximum Gasteiger partial charge on any atom is 0.410 e. The number of benzene rings is 2. The monoisotopic (exact) mass is 367 g/mol. The topological polar surface area (TPSA) is 32.8 Å². The smallest absolute Gasteiger partial charge is 0.410 e.